The lowest BCUT2D eigenvalue weighted by molar-refractivity contribution is -0.130. The number of nitrogens with zero attached hydrogens (tertiary/aromatic N) is 1. The van der Waals surface area contributed by atoms with Gasteiger partial charge in [-0.15, -0.1) is 0 Å². The Morgan fingerprint density at radius 2 is 1.60 bits per heavy atom. The third kappa shape index (κ3) is 3.66. The highest BCUT2D eigenvalue weighted by atomic mass is 19.1. The predicted octanol–water partition coefficient (Wildman–Crippen LogP) is 5.20. The van der Waals surface area contributed by atoms with Crippen LogP contribution in [-0.2, 0) is 11.3 Å². The Kier molecular flexibility index (Phi) is 5.27. The molecule has 30 heavy (non-hydrogen) atoms. The number of ether oxygens (including phenoxy) is 1. The van der Waals surface area contributed by atoms with Crippen LogP contribution < -0.4 is 4.74 Å². The summed E-state index contributed by atoms with van der Waals surface area (Å²) in [5.41, 5.74) is 4.02. The number of amides is 1. The van der Waals surface area contributed by atoms with Gasteiger partial charge >= 0.3 is 0 Å². The van der Waals surface area contributed by atoms with Crippen LogP contribution in [0.15, 0.2) is 78.6 Å². The summed E-state index contributed by atoms with van der Waals surface area (Å²) in [5.74, 6) is -0.414. The first kappa shape index (κ1) is 19.7. The lowest BCUT2D eigenvalue weighted by Gasteiger charge is -2.27. The second-order valence-electron chi connectivity index (χ2n) is 7.36. The summed E-state index contributed by atoms with van der Waals surface area (Å²) in [6.07, 6.45) is 0. The van der Waals surface area contributed by atoms with E-state index in [0.29, 0.717) is 23.4 Å². The number of carbonyl (C=O) groups excluding carboxylic acids is 1. The van der Waals surface area contributed by atoms with E-state index in [9.17, 15) is 14.3 Å². The van der Waals surface area contributed by atoms with Crippen molar-refractivity contribution in [3.63, 3.8) is 0 Å². The minimum atomic E-state index is -0.534. The molecule has 5 heteroatoms. The Hall–Kier alpha value is -3.60. The number of aliphatic hydroxyl groups is 1. The van der Waals surface area contributed by atoms with E-state index in [4.69, 9.17) is 4.74 Å². The van der Waals surface area contributed by atoms with Crippen molar-refractivity contribution in [1.82, 2.24) is 4.90 Å². The monoisotopic (exact) mass is 403 g/mol. The van der Waals surface area contributed by atoms with Crippen LogP contribution in [0, 0.1) is 12.7 Å². The predicted molar refractivity (Wildman–Crippen MR) is 113 cm³/mol. The Morgan fingerprint density at radius 1 is 0.967 bits per heavy atom. The summed E-state index contributed by atoms with van der Waals surface area (Å²) in [7, 11) is 1.58. The van der Waals surface area contributed by atoms with Crippen LogP contribution in [-0.4, -0.2) is 23.0 Å². The van der Waals surface area contributed by atoms with Crippen molar-refractivity contribution in [3.05, 3.63) is 107 Å². The molecule has 0 bridgehead atoms. The zero-order valence-electron chi connectivity index (χ0n) is 16.8. The zero-order chi connectivity index (χ0) is 21.3. The van der Waals surface area contributed by atoms with Crippen molar-refractivity contribution >= 4 is 11.5 Å². The van der Waals surface area contributed by atoms with E-state index in [1.165, 1.54) is 12.1 Å². The molecule has 3 aromatic carbocycles. The van der Waals surface area contributed by atoms with Crippen molar-refractivity contribution in [2.24, 2.45) is 0 Å². The number of hydrogen-bond acceptors (Lipinski definition) is 3. The SMILES string of the molecule is COc1ccc(C2=C(O)C(=O)N(Cc3ccc(C)cc3)C2c2ccc(F)cc2)cc1. The van der Waals surface area contributed by atoms with Gasteiger partial charge in [-0.1, -0.05) is 54.1 Å². The molecule has 4 rings (SSSR count). The van der Waals surface area contributed by atoms with E-state index in [1.807, 2.05) is 43.3 Å². The van der Waals surface area contributed by atoms with Crippen LogP contribution in [0.4, 0.5) is 4.39 Å². The van der Waals surface area contributed by atoms with Gasteiger partial charge in [-0.2, -0.15) is 0 Å². The number of rotatable bonds is 5. The van der Waals surface area contributed by atoms with Crippen LogP contribution in [0.3, 0.4) is 0 Å². The largest absolute Gasteiger partial charge is 0.503 e. The van der Waals surface area contributed by atoms with Gasteiger partial charge in [0.15, 0.2) is 5.76 Å². The summed E-state index contributed by atoms with van der Waals surface area (Å²) < 4.78 is 18.8. The summed E-state index contributed by atoms with van der Waals surface area (Å²) in [4.78, 5) is 14.7. The van der Waals surface area contributed by atoms with E-state index in [-0.39, 0.29) is 11.6 Å². The van der Waals surface area contributed by atoms with Crippen molar-refractivity contribution in [2.45, 2.75) is 19.5 Å². The van der Waals surface area contributed by atoms with Gasteiger partial charge in [-0.3, -0.25) is 4.79 Å². The number of aliphatic hydroxyl groups excluding tert-OH is 1. The molecule has 0 spiro atoms. The Bertz CT molecular complexity index is 1090. The highest BCUT2D eigenvalue weighted by molar-refractivity contribution is 6.05. The molecule has 1 N–H and O–H groups in total. The van der Waals surface area contributed by atoms with Gasteiger partial charge in [0.25, 0.3) is 5.91 Å². The normalized spacial score (nSPS) is 16.3. The smallest absolute Gasteiger partial charge is 0.290 e. The fourth-order valence-electron chi connectivity index (χ4n) is 3.76. The third-order valence-electron chi connectivity index (χ3n) is 5.36. The number of hydrogen-bond donors (Lipinski definition) is 1. The first-order chi connectivity index (χ1) is 14.5. The van der Waals surface area contributed by atoms with Crippen LogP contribution in [0.2, 0.25) is 0 Å². The standard InChI is InChI=1S/C25H22FNO3/c1-16-3-5-17(6-4-16)15-27-23(19-7-11-20(26)12-8-19)22(24(28)25(27)29)18-9-13-21(30-2)14-10-18/h3-14,23,28H,15H2,1-2H3. The molecule has 0 fully saturated rings. The van der Waals surface area contributed by atoms with Crippen LogP contribution in [0.5, 0.6) is 5.75 Å². The highest BCUT2D eigenvalue weighted by Crippen LogP contribution is 2.44. The first-order valence-corrected chi connectivity index (χ1v) is 9.67. The molecule has 152 valence electrons. The van der Waals surface area contributed by atoms with Gasteiger partial charge in [0.1, 0.15) is 11.6 Å². The minimum Gasteiger partial charge on any atom is -0.503 e. The second kappa shape index (κ2) is 8.03. The molecule has 1 unspecified atom stereocenters. The zero-order valence-corrected chi connectivity index (χ0v) is 16.8. The average Bonchev–Trinajstić information content (AvgIpc) is 3.01. The second-order valence-corrected chi connectivity index (χ2v) is 7.36. The fourth-order valence-corrected chi connectivity index (χ4v) is 3.76. The molecule has 0 saturated carbocycles. The highest BCUT2D eigenvalue weighted by Gasteiger charge is 2.41. The minimum absolute atomic E-state index is 0.290. The average molecular weight is 403 g/mol. The maximum atomic E-state index is 13.6. The molecule has 0 saturated heterocycles. The van der Waals surface area contributed by atoms with Crippen molar-refractivity contribution in [2.75, 3.05) is 7.11 Å². The van der Waals surface area contributed by atoms with Crippen LogP contribution >= 0.6 is 0 Å². The Balaban J connectivity index is 1.79. The quantitative estimate of drug-likeness (QED) is 0.637. The van der Waals surface area contributed by atoms with Gasteiger partial charge in [0.05, 0.1) is 13.2 Å². The summed E-state index contributed by atoms with van der Waals surface area (Å²) in [5, 5.41) is 10.8. The van der Waals surface area contributed by atoms with Gasteiger partial charge < -0.3 is 14.7 Å². The molecule has 1 atom stereocenters. The number of halogens is 1. The molecule has 1 aliphatic heterocycles. The molecular formula is C25H22FNO3. The Morgan fingerprint density at radius 3 is 2.20 bits per heavy atom. The molecule has 0 aliphatic carbocycles. The summed E-state index contributed by atoms with van der Waals surface area (Å²) in [6.45, 7) is 2.33. The molecule has 1 aliphatic rings. The molecule has 0 radical (unpaired) electrons. The molecule has 1 amide bonds. The van der Waals surface area contributed by atoms with E-state index in [0.717, 1.165) is 16.7 Å². The van der Waals surface area contributed by atoms with E-state index >= 15 is 0 Å². The molecule has 3 aromatic rings. The molecule has 1 heterocycles. The first-order valence-electron chi connectivity index (χ1n) is 9.67. The molecule has 0 aromatic heterocycles. The van der Waals surface area contributed by atoms with Crippen LogP contribution in [0.25, 0.3) is 5.57 Å². The number of aryl methyl sites for hydroxylation is 1. The summed E-state index contributed by atoms with van der Waals surface area (Å²) >= 11 is 0. The van der Waals surface area contributed by atoms with Gasteiger partial charge in [0.2, 0.25) is 0 Å². The van der Waals surface area contributed by atoms with Gasteiger partial charge in [0, 0.05) is 12.1 Å². The number of carbonyl (C=O) groups is 1. The van der Waals surface area contributed by atoms with Gasteiger partial charge in [-0.25, -0.2) is 4.39 Å². The van der Waals surface area contributed by atoms with Crippen molar-refractivity contribution in [1.29, 1.82) is 0 Å². The van der Waals surface area contributed by atoms with Crippen molar-refractivity contribution in [3.8, 4) is 5.75 Å². The van der Waals surface area contributed by atoms with Crippen molar-refractivity contribution < 1.29 is 19.0 Å². The lowest BCUT2D eigenvalue weighted by Crippen LogP contribution is -2.29. The van der Waals surface area contributed by atoms with Crippen LogP contribution in [0.1, 0.15) is 28.3 Å². The maximum Gasteiger partial charge on any atom is 0.290 e. The van der Waals surface area contributed by atoms with Gasteiger partial charge in [-0.05, 0) is 47.9 Å². The third-order valence-corrected chi connectivity index (χ3v) is 5.36. The molecular weight excluding hydrogens is 381 g/mol. The Labute approximate surface area is 174 Å². The van der Waals surface area contributed by atoms with E-state index < -0.39 is 11.9 Å². The van der Waals surface area contributed by atoms with E-state index in [2.05, 4.69) is 0 Å². The van der Waals surface area contributed by atoms with E-state index in [1.54, 1.807) is 36.3 Å². The fraction of sp³-hybridized carbons (Fsp3) is 0.160. The number of benzene rings is 3. The number of methoxy groups -OCH3 is 1. The topological polar surface area (TPSA) is 49.8 Å². The lowest BCUT2D eigenvalue weighted by atomic mass is 9.93. The summed E-state index contributed by atoms with van der Waals surface area (Å²) in [6, 6.07) is 20.6. The molecule has 4 nitrogen and oxygen atoms in total. The maximum absolute atomic E-state index is 13.6.